The van der Waals surface area contributed by atoms with Crippen molar-refractivity contribution in [1.29, 1.82) is 0 Å². The number of aliphatic imine (C=N–C) groups is 1. The van der Waals surface area contributed by atoms with E-state index in [1.165, 1.54) is 12.1 Å². The minimum absolute atomic E-state index is 0.0383. The molecule has 0 fully saturated rings. The molecule has 1 aromatic carbocycles. The van der Waals surface area contributed by atoms with Crippen molar-refractivity contribution in [1.82, 2.24) is 14.9 Å². The molecular formula is C20H23FN6OS. The van der Waals surface area contributed by atoms with Gasteiger partial charge in [0.2, 0.25) is 5.95 Å². The van der Waals surface area contributed by atoms with Crippen LogP contribution in [0.4, 0.5) is 16.2 Å². The van der Waals surface area contributed by atoms with Crippen LogP contribution in [0.5, 0.6) is 0 Å². The molecule has 0 saturated carbocycles. The number of hydrogen-bond donors (Lipinski definition) is 3. The Kier molecular flexibility index (Phi) is 5.18. The third-order valence-electron chi connectivity index (χ3n) is 4.83. The Morgan fingerprint density at radius 1 is 1.28 bits per heavy atom. The normalized spacial score (nSPS) is 20.7. The number of thioether (sulfide) groups is 1. The maximum atomic E-state index is 13.4. The zero-order valence-corrected chi connectivity index (χ0v) is 17.0. The van der Waals surface area contributed by atoms with Crippen molar-refractivity contribution in [3.05, 3.63) is 59.0 Å². The molecule has 0 saturated heterocycles. The predicted molar refractivity (Wildman–Crippen MR) is 114 cm³/mol. The van der Waals surface area contributed by atoms with E-state index in [2.05, 4.69) is 20.2 Å². The van der Waals surface area contributed by atoms with Gasteiger partial charge in [-0.05, 0) is 23.1 Å². The number of nitrogens with one attached hydrogen (secondary N) is 1. The zero-order valence-electron chi connectivity index (χ0n) is 16.2. The number of fused-ring (bicyclic) bond motifs is 1. The monoisotopic (exact) mass is 414 g/mol. The molecule has 7 nitrogen and oxygen atoms in total. The molecule has 29 heavy (non-hydrogen) atoms. The molecule has 2 unspecified atom stereocenters. The lowest BCUT2D eigenvalue weighted by Gasteiger charge is -2.25. The van der Waals surface area contributed by atoms with Crippen molar-refractivity contribution in [2.24, 2.45) is 10.4 Å². The molecule has 152 valence electrons. The highest BCUT2D eigenvalue weighted by molar-refractivity contribution is 8.02. The van der Waals surface area contributed by atoms with Crippen molar-refractivity contribution < 1.29 is 9.50 Å². The highest BCUT2D eigenvalue weighted by Crippen LogP contribution is 2.42. The van der Waals surface area contributed by atoms with Crippen LogP contribution in [0, 0.1) is 11.2 Å². The summed E-state index contributed by atoms with van der Waals surface area (Å²) in [6.07, 6.45) is 1.99. The molecule has 9 heteroatoms. The number of halogens is 1. The summed E-state index contributed by atoms with van der Waals surface area (Å²) in [7, 11) is 0. The largest absolute Gasteiger partial charge is 0.396 e. The van der Waals surface area contributed by atoms with Gasteiger partial charge >= 0.3 is 0 Å². The lowest BCUT2D eigenvalue weighted by Crippen LogP contribution is -2.29. The maximum absolute atomic E-state index is 13.4. The first-order valence-electron chi connectivity index (χ1n) is 9.29. The van der Waals surface area contributed by atoms with Gasteiger partial charge in [-0.1, -0.05) is 37.7 Å². The molecule has 2 aliphatic heterocycles. The van der Waals surface area contributed by atoms with Gasteiger partial charge < -0.3 is 21.1 Å². The average Bonchev–Trinajstić information content (AvgIpc) is 3.28. The van der Waals surface area contributed by atoms with Crippen molar-refractivity contribution in [2.75, 3.05) is 24.2 Å². The van der Waals surface area contributed by atoms with Gasteiger partial charge in [0.25, 0.3) is 0 Å². The topological polar surface area (TPSA) is 99.7 Å². The van der Waals surface area contributed by atoms with Crippen molar-refractivity contribution >= 4 is 29.2 Å². The van der Waals surface area contributed by atoms with E-state index in [1.54, 1.807) is 30.0 Å². The summed E-state index contributed by atoms with van der Waals surface area (Å²) in [5.41, 5.74) is 8.03. The van der Waals surface area contributed by atoms with E-state index in [0.717, 1.165) is 11.3 Å². The third-order valence-corrected chi connectivity index (χ3v) is 5.71. The molecule has 1 aromatic heterocycles. The Morgan fingerprint density at radius 2 is 2.03 bits per heavy atom. The Hall–Kier alpha value is -2.65. The van der Waals surface area contributed by atoms with Crippen LogP contribution in [-0.2, 0) is 0 Å². The minimum atomic E-state index is -0.318. The lowest BCUT2D eigenvalue weighted by atomic mass is 9.95. The van der Waals surface area contributed by atoms with E-state index < -0.39 is 0 Å². The number of hydrogen-bond acceptors (Lipinski definition) is 8. The van der Waals surface area contributed by atoms with Gasteiger partial charge in [-0.3, -0.25) is 4.99 Å². The third kappa shape index (κ3) is 4.06. The van der Waals surface area contributed by atoms with E-state index in [0.29, 0.717) is 24.0 Å². The standard InChI is InChI=1S/C20H23FN6OS/c1-20(2,11-28)10-23-18-24-14(9-15(22)25-18)17-16(12-3-5-13(21)6-4-12)26-19-27(17)7-8-29-19/h3-9,17,19,28H,10-11H2,1-2H3,(H3,22,23,24,25). The fourth-order valence-electron chi connectivity index (χ4n) is 3.19. The summed E-state index contributed by atoms with van der Waals surface area (Å²) in [4.78, 5) is 15.9. The van der Waals surface area contributed by atoms with Crippen LogP contribution >= 0.6 is 11.8 Å². The number of nitrogen functional groups attached to an aromatic ring is 1. The molecule has 0 aliphatic carbocycles. The summed E-state index contributed by atoms with van der Waals surface area (Å²) >= 11 is 1.60. The van der Waals surface area contributed by atoms with Gasteiger partial charge in [-0.2, -0.15) is 4.98 Å². The van der Waals surface area contributed by atoms with Gasteiger partial charge in [0.05, 0.1) is 11.4 Å². The molecule has 3 heterocycles. The van der Waals surface area contributed by atoms with Crippen LogP contribution in [0.1, 0.15) is 31.1 Å². The highest BCUT2D eigenvalue weighted by Gasteiger charge is 2.39. The number of anilines is 2. The molecule has 2 aromatic rings. The second-order valence-corrected chi connectivity index (χ2v) is 8.80. The first-order valence-corrected chi connectivity index (χ1v) is 10.2. The van der Waals surface area contributed by atoms with Crippen LogP contribution in [0.15, 0.2) is 46.9 Å². The van der Waals surface area contributed by atoms with Gasteiger partial charge in [0.15, 0.2) is 5.50 Å². The van der Waals surface area contributed by atoms with Crippen molar-refractivity contribution in [2.45, 2.75) is 25.4 Å². The smallest absolute Gasteiger partial charge is 0.224 e. The van der Waals surface area contributed by atoms with Gasteiger partial charge in [-0.25, -0.2) is 9.37 Å². The fourth-order valence-corrected chi connectivity index (χ4v) is 4.04. The molecule has 4 N–H and O–H groups in total. The van der Waals surface area contributed by atoms with E-state index in [9.17, 15) is 9.50 Å². The van der Waals surface area contributed by atoms with Crippen LogP contribution in [0.2, 0.25) is 0 Å². The Bertz CT molecular complexity index is 962. The first-order chi connectivity index (χ1) is 13.9. The Morgan fingerprint density at radius 3 is 2.76 bits per heavy atom. The number of aromatic nitrogens is 2. The SMILES string of the molecule is CC(C)(CO)CNc1nc(N)cc(C2C(c3ccc(F)cc3)=NC3SC=CN32)n1. The van der Waals surface area contributed by atoms with Crippen LogP contribution in [0.25, 0.3) is 0 Å². The lowest BCUT2D eigenvalue weighted by molar-refractivity contribution is 0.170. The van der Waals surface area contributed by atoms with E-state index >= 15 is 0 Å². The zero-order chi connectivity index (χ0) is 20.6. The Labute approximate surface area is 173 Å². The second-order valence-electron chi connectivity index (χ2n) is 7.84. The summed E-state index contributed by atoms with van der Waals surface area (Å²) in [5.74, 6) is 0.458. The molecular weight excluding hydrogens is 391 g/mol. The molecule has 2 aliphatic rings. The predicted octanol–water partition coefficient (Wildman–Crippen LogP) is 2.98. The van der Waals surface area contributed by atoms with E-state index in [1.807, 2.05) is 25.5 Å². The second kappa shape index (κ2) is 7.64. The first kappa shape index (κ1) is 19.7. The number of aliphatic hydroxyl groups is 1. The van der Waals surface area contributed by atoms with Gasteiger partial charge in [-0.15, -0.1) is 0 Å². The maximum Gasteiger partial charge on any atom is 0.224 e. The van der Waals surface area contributed by atoms with Crippen molar-refractivity contribution in [3.63, 3.8) is 0 Å². The molecule has 0 amide bonds. The highest BCUT2D eigenvalue weighted by atomic mass is 32.2. The summed E-state index contributed by atoms with van der Waals surface area (Å²) < 4.78 is 13.4. The molecule has 2 atom stereocenters. The van der Waals surface area contributed by atoms with Crippen molar-refractivity contribution in [3.8, 4) is 0 Å². The van der Waals surface area contributed by atoms with E-state index in [-0.39, 0.29) is 29.4 Å². The minimum Gasteiger partial charge on any atom is -0.396 e. The number of rotatable bonds is 6. The average molecular weight is 415 g/mol. The van der Waals surface area contributed by atoms with Crippen LogP contribution in [-0.4, -0.2) is 44.3 Å². The molecule has 0 radical (unpaired) electrons. The van der Waals surface area contributed by atoms with Crippen LogP contribution in [0.3, 0.4) is 0 Å². The Balaban J connectivity index is 1.68. The molecule has 4 rings (SSSR count). The number of benzene rings is 1. The van der Waals surface area contributed by atoms with Gasteiger partial charge in [0, 0.05) is 30.8 Å². The number of aliphatic hydroxyl groups excluding tert-OH is 1. The number of nitrogens with zero attached hydrogens (tertiary/aromatic N) is 4. The summed E-state index contributed by atoms with van der Waals surface area (Å²) in [6.45, 7) is 4.43. The molecule has 0 spiro atoms. The summed E-state index contributed by atoms with van der Waals surface area (Å²) in [6, 6.07) is 7.80. The molecule has 0 bridgehead atoms. The fraction of sp³-hybridized carbons (Fsp3) is 0.350. The van der Waals surface area contributed by atoms with Crippen LogP contribution < -0.4 is 11.1 Å². The summed E-state index contributed by atoms with van der Waals surface area (Å²) in [5, 5.41) is 14.6. The number of nitrogens with two attached hydrogens (primary N) is 1. The van der Waals surface area contributed by atoms with Gasteiger partial charge in [0.1, 0.15) is 17.7 Å². The van der Waals surface area contributed by atoms with E-state index in [4.69, 9.17) is 10.7 Å². The quantitative estimate of drug-likeness (QED) is 0.668.